The molecule has 0 N–H and O–H groups in total. The number of aromatic nitrogens is 3. The molecule has 0 aliphatic carbocycles. The molecule has 0 fully saturated rings. The maximum Gasteiger partial charge on any atom is 0.164 e. The van der Waals surface area contributed by atoms with Gasteiger partial charge in [0.25, 0.3) is 0 Å². The van der Waals surface area contributed by atoms with Crippen molar-refractivity contribution in [1.29, 1.82) is 0 Å². The Morgan fingerprint density at radius 2 is 1.40 bits per heavy atom. The van der Waals surface area contributed by atoms with Gasteiger partial charge in [-0.2, -0.15) is 0 Å². The van der Waals surface area contributed by atoms with E-state index in [0.29, 0.717) is 22.3 Å². The predicted octanol–water partition coefficient (Wildman–Crippen LogP) is 11.6. The van der Waals surface area contributed by atoms with Crippen molar-refractivity contribution in [2.75, 3.05) is 0 Å². The predicted molar refractivity (Wildman–Crippen MR) is 197 cm³/mol. The monoisotopic (exact) mass is 626 g/mol. The highest BCUT2D eigenvalue weighted by molar-refractivity contribution is 6.15. The number of furan rings is 2. The molecular formula is C43H27N3O2. The van der Waals surface area contributed by atoms with Gasteiger partial charge in [-0.3, -0.25) is 0 Å². The summed E-state index contributed by atoms with van der Waals surface area (Å²) in [6.07, 6.45) is 5.34. The summed E-state index contributed by atoms with van der Waals surface area (Å²) >= 11 is 0. The number of allylic oxidation sites excluding steroid dienone is 4. The second-order valence-electron chi connectivity index (χ2n) is 11.0. The fraction of sp³-hybridized carbons (Fsp3) is 0. The third-order valence-corrected chi connectivity index (χ3v) is 8.16. The van der Waals surface area contributed by atoms with Crippen LogP contribution in [0.25, 0.3) is 94.4 Å². The Kier molecular flexibility index (Phi) is 4.56. The summed E-state index contributed by atoms with van der Waals surface area (Å²) in [5.74, 6) is 0.346. The summed E-state index contributed by atoms with van der Waals surface area (Å²) < 4.78 is 91.3. The molecule has 9 aromatic rings. The molecule has 226 valence electrons. The molecule has 0 saturated heterocycles. The molecule has 3 heterocycles. The SMILES string of the molecule is [2H]c1c([2H])c([2H])c2c(c1[2H])c([2H])c([2H])c1c2oc2c([2H])c(-c3nc(-c4ccccc4)nc(-c4ccc5c(c4)oc4ccc(/C(C=C)=C/C=C)cc45)n3)c([2H])c([2H])c21. The largest absolute Gasteiger partial charge is 0.456 e. The quantitative estimate of drug-likeness (QED) is 0.172. The van der Waals surface area contributed by atoms with Gasteiger partial charge in [-0.1, -0.05) is 110 Å². The fourth-order valence-corrected chi connectivity index (χ4v) is 5.86. The van der Waals surface area contributed by atoms with Crippen LogP contribution in [0.4, 0.5) is 0 Å². The fourth-order valence-electron chi connectivity index (χ4n) is 5.86. The van der Waals surface area contributed by atoms with Gasteiger partial charge in [-0.25, -0.2) is 15.0 Å². The van der Waals surface area contributed by atoms with Gasteiger partial charge in [0.15, 0.2) is 17.5 Å². The Morgan fingerprint density at radius 3 is 2.23 bits per heavy atom. The normalized spacial score (nSPS) is 14.7. The lowest BCUT2D eigenvalue weighted by atomic mass is 10.0. The zero-order chi connectivity index (χ0) is 40.0. The Bertz CT molecular complexity index is 3280. The maximum atomic E-state index is 9.37. The third-order valence-electron chi connectivity index (χ3n) is 8.16. The molecule has 3 aromatic heterocycles. The Morgan fingerprint density at radius 1 is 0.604 bits per heavy atom. The van der Waals surface area contributed by atoms with Crippen molar-refractivity contribution in [3.05, 3.63) is 158 Å². The topological polar surface area (TPSA) is 65.0 Å². The van der Waals surface area contributed by atoms with Crippen LogP contribution in [0.1, 0.15) is 17.9 Å². The number of nitrogens with zero attached hydrogens (tertiary/aromatic N) is 3. The van der Waals surface area contributed by atoms with Gasteiger partial charge in [0.1, 0.15) is 22.3 Å². The van der Waals surface area contributed by atoms with E-state index in [9.17, 15) is 2.74 Å². The molecule has 0 unspecified atom stereocenters. The van der Waals surface area contributed by atoms with E-state index in [1.54, 1.807) is 18.2 Å². The molecule has 0 spiro atoms. The van der Waals surface area contributed by atoms with Crippen LogP contribution in [0, 0.1) is 0 Å². The number of hydrogen-bond acceptors (Lipinski definition) is 5. The summed E-state index contributed by atoms with van der Waals surface area (Å²) in [6, 6.07) is 16.2. The number of rotatable bonds is 6. The first-order valence-corrected chi connectivity index (χ1v) is 15.0. The number of hydrogen-bond donors (Lipinski definition) is 0. The van der Waals surface area contributed by atoms with Crippen LogP contribution >= 0.6 is 0 Å². The van der Waals surface area contributed by atoms with Gasteiger partial charge in [0.2, 0.25) is 0 Å². The van der Waals surface area contributed by atoms with Gasteiger partial charge in [-0.05, 0) is 58.9 Å². The minimum atomic E-state index is -0.568. The van der Waals surface area contributed by atoms with Crippen molar-refractivity contribution in [2.45, 2.75) is 0 Å². The van der Waals surface area contributed by atoms with Crippen molar-refractivity contribution in [3.8, 4) is 34.2 Å². The van der Waals surface area contributed by atoms with Crippen molar-refractivity contribution in [1.82, 2.24) is 15.0 Å². The summed E-state index contributed by atoms with van der Waals surface area (Å²) in [5, 5.41) is 1.17. The summed E-state index contributed by atoms with van der Waals surface area (Å²) in [7, 11) is 0. The van der Waals surface area contributed by atoms with Crippen molar-refractivity contribution < 1.29 is 21.2 Å². The molecule has 0 atom stereocenters. The zero-order valence-corrected chi connectivity index (χ0v) is 25.2. The summed E-state index contributed by atoms with van der Waals surface area (Å²) in [6.45, 7) is 7.72. The highest BCUT2D eigenvalue weighted by atomic mass is 16.3. The highest BCUT2D eigenvalue weighted by Gasteiger charge is 2.17. The molecule has 0 aliphatic rings. The van der Waals surface area contributed by atoms with Crippen LogP contribution in [0.15, 0.2) is 161 Å². The number of fused-ring (bicyclic) bond motifs is 8. The molecule has 48 heavy (non-hydrogen) atoms. The van der Waals surface area contributed by atoms with Crippen LogP contribution in [-0.2, 0) is 0 Å². The van der Waals surface area contributed by atoms with E-state index in [1.807, 2.05) is 66.7 Å². The molecule has 6 aromatic carbocycles. The molecule has 9 rings (SSSR count). The first kappa shape index (κ1) is 19.8. The van der Waals surface area contributed by atoms with Crippen LogP contribution in [0.2, 0.25) is 0 Å². The van der Waals surface area contributed by atoms with E-state index in [4.69, 9.17) is 33.4 Å². The summed E-state index contributed by atoms with van der Waals surface area (Å²) in [4.78, 5) is 14.3. The zero-order valence-electron chi connectivity index (χ0n) is 34.2. The van der Waals surface area contributed by atoms with E-state index in [-0.39, 0.29) is 61.8 Å². The highest BCUT2D eigenvalue weighted by Crippen LogP contribution is 2.37. The lowest BCUT2D eigenvalue weighted by Crippen LogP contribution is -2.00. The molecule has 0 bridgehead atoms. The molecule has 0 amide bonds. The first-order valence-electron chi connectivity index (χ1n) is 19.5. The van der Waals surface area contributed by atoms with E-state index >= 15 is 0 Å². The second kappa shape index (κ2) is 11.0. The lowest BCUT2D eigenvalue weighted by molar-refractivity contribution is 0.669. The summed E-state index contributed by atoms with van der Waals surface area (Å²) in [5.41, 5.74) is 3.72. The standard InChI is InChI=1S/C43H27N3O2/c1-3-10-26(4-2)29-18-22-37-36(23-29)34-20-17-30(24-38(34)47-37)42-44-41(28-12-6-5-7-13-28)45-43(46-42)31-16-19-33-35-21-15-27-11-8-9-14-32(27)40(35)48-39(33)25-31/h3-25H,1-2H2/b26-10+/i8D,9D,11D,14D,15D,16D,19D,21D,25D. The third kappa shape index (κ3) is 4.52. The maximum absolute atomic E-state index is 9.37. The van der Waals surface area contributed by atoms with Gasteiger partial charge >= 0.3 is 0 Å². The molecule has 0 aliphatic heterocycles. The Hall–Kier alpha value is -6.59. The second-order valence-corrected chi connectivity index (χ2v) is 11.0. The minimum absolute atomic E-state index is 0.0935. The van der Waals surface area contributed by atoms with Crippen molar-refractivity contribution in [3.63, 3.8) is 0 Å². The van der Waals surface area contributed by atoms with Crippen LogP contribution < -0.4 is 0 Å². The number of benzene rings is 6. The Labute approximate surface area is 288 Å². The van der Waals surface area contributed by atoms with Gasteiger partial charge in [0.05, 0.1) is 12.3 Å². The van der Waals surface area contributed by atoms with Crippen LogP contribution in [0.3, 0.4) is 0 Å². The minimum Gasteiger partial charge on any atom is -0.456 e. The molecule has 5 heteroatoms. The average Bonchev–Trinajstić information content (AvgIpc) is 3.81. The molecule has 5 nitrogen and oxygen atoms in total. The molecule has 0 radical (unpaired) electrons. The van der Waals surface area contributed by atoms with Crippen molar-refractivity contribution >= 4 is 60.2 Å². The van der Waals surface area contributed by atoms with Crippen LogP contribution in [-0.4, -0.2) is 15.0 Å². The molecular weight excluding hydrogens is 590 g/mol. The van der Waals surface area contributed by atoms with Gasteiger partial charge < -0.3 is 8.83 Å². The smallest absolute Gasteiger partial charge is 0.164 e. The van der Waals surface area contributed by atoms with Crippen molar-refractivity contribution in [2.24, 2.45) is 0 Å². The first-order chi connectivity index (χ1) is 27.4. The Balaban J connectivity index is 1.29. The molecule has 0 saturated carbocycles. The lowest BCUT2D eigenvalue weighted by Gasteiger charge is -2.08. The van der Waals surface area contributed by atoms with E-state index < -0.39 is 48.3 Å². The van der Waals surface area contributed by atoms with Crippen LogP contribution in [0.5, 0.6) is 0 Å². The van der Waals surface area contributed by atoms with Gasteiger partial charge in [-0.15, -0.1) is 0 Å². The van der Waals surface area contributed by atoms with E-state index in [0.717, 1.165) is 21.9 Å². The van der Waals surface area contributed by atoms with Gasteiger partial charge in [0, 0.05) is 43.6 Å². The van der Waals surface area contributed by atoms with E-state index in [1.165, 1.54) is 0 Å². The van der Waals surface area contributed by atoms with E-state index in [2.05, 4.69) is 13.2 Å². The average molecular weight is 627 g/mol.